The molecule has 2 bridgehead atoms. The van der Waals surface area contributed by atoms with Crippen LogP contribution in [-0.4, -0.2) is 69.7 Å². The zero-order valence-electron chi connectivity index (χ0n) is 27.2. The molecular formula is C37H43F3N2O5. The zero-order valence-corrected chi connectivity index (χ0v) is 27.2. The fraction of sp³-hybridized carbons (Fsp3) is 0.568. The van der Waals surface area contributed by atoms with E-state index in [0.29, 0.717) is 49.8 Å². The van der Waals surface area contributed by atoms with Gasteiger partial charge < -0.3 is 19.5 Å². The summed E-state index contributed by atoms with van der Waals surface area (Å²) in [6, 6.07) is 6.78. The first-order valence-electron chi connectivity index (χ1n) is 17.0. The number of aliphatic hydroxyl groups is 1. The molecule has 2 aliphatic heterocycles. The number of amides is 1. The number of nitrogens with zero attached hydrogens (tertiary/aromatic N) is 2. The Kier molecular flexibility index (Phi) is 7.98. The lowest BCUT2D eigenvalue weighted by molar-refractivity contribution is -0.202. The standard InChI is InChI=1S/C37H43F3N2O5/c1-4-5-6-17-42(31(44)13-10-24-8-7-9-25(20-24)37(38,39)40)28-14-15-36(45)30-21-27-22(2)19-29(46-23(3)43)33-32(27)35(36,34(28)47-33)16-18-41(30)26-11-12-26/h7-10,13,19-20,26,28,30,34,45H,4-6,11-12,14-18,21H2,1-3H3/t28-,30-,34+,35+,36-/m1/s1. The maximum Gasteiger partial charge on any atom is 0.416 e. The third kappa shape index (κ3) is 5.17. The number of benzene rings is 2. The summed E-state index contributed by atoms with van der Waals surface area (Å²) < 4.78 is 52.7. The molecule has 2 heterocycles. The predicted octanol–water partition coefficient (Wildman–Crippen LogP) is 6.36. The highest BCUT2D eigenvalue weighted by molar-refractivity contribution is 5.92. The molecule has 0 radical (unpaired) electrons. The van der Waals surface area contributed by atoms with Gasteiger partial charge >= 0.3 is 12.1 Å². The Morgan fingerprint density at radius 1 is 1.17 bits per heavy atom. The SMILES string of the molecule is CCCCCN(C(=O)C=Cc1cccc(C(F)(F)F)c1)[C@@H]1CC[C@@]2(O)[C@H]3Cc4c(C)cc(OC(C)=O)c5c4[C@@]2(CCN3C2CC2)[C@H]1O5. The maximum atomic E-state index is 14.1. The Bertz CT molecular complexity index is 1620. The van der Waals surface area contributed by atoms with Crippen LogP contribution in [-0.2, 0) is 27.6 Å². The van der Waals surface area contributed by atoms with Gasteiger partial charge in [-0.2, -0.15) is 13.2 Å². The minimum atomic E-state index is -4.48. The quantitative estimate of drug-likeness (QED) is 0.147. The van der Waals surface area contributed by atoms with Gasteiger partial charge in [0.2, 0.25) is 5.91 Å². The molecule has 5 atom stereocenters. The largest absolute Gasteiger partial charge is 0.483 e. The second-order valence-corrected chi connectivity index (χ2v) is 14.1. The molecule has 252 valence electrons. The molecule has 3 fully saturated rings. The van der Waals surface area contributed by atoms with E-state index in [1.54, 1.807) is 6.07 Å². The van der Waals surface area contributed by atoms with Crippen molar-refractivity contribution in [2.75, 3.05) is 13.1 Å². The van der Waals surface area contributed by atoms with Crippen molar-refractivity contribution in [1.29, 1.82) is 0 Å². The summed E-state index contributed by atoms with van der Waals surface area (Å²) in [7, 11) is 0. The van der Waals surface area contributed by atoms with Crippen LogP contribution in [0.15, 0.2) is 36.4 Å². The van der Waals surface area contributed by atoms with Gasteiger partial charge in [0, 0.05) is 37.2 Å². The summed E-state index contributed by atoms with van der Waals surface area (Å²) in [5.74, 6) is 0.0749. The van der Waals surface area contributed by atoms with Gasteiger partial charge in [-0.25, -0.2) is 0 Å². The number of likely N-dealkylation sites (tertiary alicyclic amines) is 1. The Morgan fingerprint density at radius 2 is 1.96 bits per heavy atom. The lowest BCUT2D eigenvalue weighted by Crippen LogP contribution is -2.78. The first kappa shape index (κ1) is 32.2. The van der Waals surface area contributed by atoms with Gasteiger partial charge in [0.1, 0.15) is 6.10 Å². The molecule has 1 saturated heterocycles. The van der Waals surface area contributed by atoms with Crippen molar-refractivity contribution in [1.82, 2.24) is 9.80 Å². The lowest BCUT2D eigenvalue weighted by Gasteiger charge is -2.65. The van der Waals surface area contributed by atoms with Crippen molar-refractivity contribution >= 4 is 18.0 Å². The van der Waals surface area contributed by atoms with Gasteiger partial charge in [-0.3, -0.25) is 14.5 Å². The van der Waals surface area contributed by atoms with Gasteiger partial charge in [0.25, 0.3) is 0 Å². The Hall–Kier alpha value is -3.37. The summed E-state index contributed by atoms with van der Waals surface area (Å²) in [4.78, 5) is 30.6. The van der Waals surface area contributed by atoms with Crippen LogP contribution < -0.4 is 9.47 Å². The van der Waals surface area contributed by atoms with Crippen molar-refractivity contribution < 1.29 is 37.3 Å². The van der Waals surface area contributed by atoms with Crippen LogP contribution >= 0.6 is 0 Å². The van der Waals surface area contributed by atoms with Crippen LogP contribution in [0, 0.1) is 6.92 Å². The van der Waals surface area contributed by atoms with Gasteiger partial charge in [0.05, 0.1) is 22.6 Å². The van der Waals surface area contributed by atoms with Crippen LogP contribution in [0.3, 0.4) is 0 Å². The number of piperidine rings is 1. The molecule has 3 aliphatic carbocycles. The van der Waals surface area contributed by atoms with E-state index < -0.39 is 40.9 Å². The van der Waals surface area contributed by atoms with Gasteiger partial charge in [-0.1, -0.05) is 31.9 Å². The van der Waals surface area contributed by atoms with E-state index in [-0.39, 0.29) is 17.5 Å². The van der Waals surface area contributed by atoms with Crippen molar-refractivity contribution in [3.8, 4) is 11.5 Å². The molecule has 10 heteroatoms. The highest BCUT2D eigenvalue weighted by Gasteiger charge is 2.74. The fourth-order valence-electron chi connectivity index (χ4n) is 9.25. The van der Waals surface area contributed by atoms with E-state index in [4.69, 9.17) is 9.47 Å². The van der Waals surface area contributed by atoms with E-state index in [1.165, 1.54) is 25.1 Å². The monoisotopic (exact) mass is 652 g/mol. The molecule has 7 rings (SSSR count). The molecule has 0 unspecified atom stereocenters. The molecule has 2 aromatic carbocycles. The van der Waals surface area contributed by atoms with Gasteiger partial charge in [-0.05, 0) is 99.4 Å². The highest BCUT2D eigenvalue weighted by atomic mass is 19.4. The average molecular weight is 653 g/mol. The van der Waals surface area contributed by atoms with Crippen molar-refractivity contribution in [2.45, 2.75) is 120 Å². The number of rotatable bonds is 9. The minimum Gasteiger partial charge on any atom is -0.483 e. The first-order valence-corrected chi connectivity index (χ1v) is 17.0. The third-order valence-corrected chi connectivity index (χ3v) is 11.4. The number of carbonyl (C=O) groups excluding carboxylic acids is 2. The van der Waals surface area contributed by atoms with Crippen molar-refractivity contribution in [2.24, 2.45) is 0 Å². The number of halogens is 3. The van der Waals surface area contributed by atoms with Crippen LogP contribution in [0.4, 0.5) is 13.2 Å². The van der Waals surface area contributed by atoms with E-state index in [1.807, 2.05) is 17.9 Å². The van der Waals surface area contributed by atoms with Crippen LogP contribution in [0.25, 0.3) is 6.08 Å². The highest BCUT2D eigenvalue weighted by Crippen LogP contribution is 2.67. The average Bonchev–Trinajstić information content (AvgIpc) is 3.79. The molecular weight excluding hydrogens is 609 g/mol. The van der Waals surface area contributed by atoms with E-state index in [0.717, 1.165) is 67.5 Å². The first-order chi connectivity index (χ1) is 22.4. The van der Waals surface area contributed by atoms with Crippen molar-refractivity contribution in [3.05, 3.63) is 64.2 Å². The summed E-state index contributed by atoms with van der Waals surface area (Å²) in [6.07, 6.45) is 4.94. The van der Waals surface area contributed by atoms with Crippen LogP contribution in [0.2, 0.25) is 0 Å². The third-order valence-electron chi connectivity index (χ3n) is 11.4. The van der Waals surface area contributed by atoms with Gasteiger partial charge in [-0.15, -0.1) is 0 Å². The second kappa shape index (κ2) is 11.7. The number of hydrogen-bond donors (Lipinski definition) is 1. The number of aryl methyl sites for hydroxylation is 1. The van der Waals surface area contributed by atoms with Crippen molar-refractivity contribution in [3.63, 3.8) is 0 Å². The Balaban J connectivity index is 1.30. The molecule has 1 N–H and O–H groups in total. The molecule has 2 saturated carbocycles. The number of alkyl halides is 3. The zero-order chi connectivity index (χ0) is 33.3. The number of unbranched alkanes of at least 4 members (excludes halogenated alkanes) is 2. The number of hydrogen-bond acceptors (Lipinski definition) is 6. The summed E-state index contributed by atoms with van der Waals surface area (Å²) in [5, 5.41) is 13.0. The van der Waals surface area contributed by atoms with Crippen LogP contribution in [0.1, 0.15) is 93.0 Å². The molecule has 2 aromatic rings. The topological polar surface area (TPSA) is 79.3 Å². The molecule has 7 nitrogen and oxygen atoms in total. The molecule has 1 spiro atoms. The normalized spacial score (nSPS) is 29.4. The van der Waals surface area contributed by atoms with E-state index >= 15 is 0 Å². The fourth-order valence-corrected chi connectivity index (χ4v) is 9.25. The summed E-state index contributed by atoms with van der Waals surface area (Å²) in [5.41, 5.74) is 0.677. The van der Waals surface area contributed by atoms with E-state index in [9.17, 15) is 27.9 Å². The van der Waals surface area contributed by atoms with Crippen LogP contribution in [0.5, 0.6) is 11.5 Å². The molecule has 1 amide bonds. The molecule has 0 aromatic heterocycles. The number of carbonyl (C=O) groups is 2. The lowest BCUT2D eigenvalue weighted by atomic mass is 9.48. The molecule has 47 heavy (non-hydrogen) atoms. The summed E-state index contributed by atoms with van der Waals surface area (Å²) >= 11 is 0. The smallest absolute Gasteiger partial charge is 0.416 e. The van der Waals surface area contributed by atoms with Gasteiger partial charge in [0.15, 0.2) is 11.5 Å². The Morgan fingerprint density at radius 3 is 2.66 bits per heavy atom. The minimum absolute atomic E-state index is 0.0856. The maximum absolute atomic E-state index is 14.1. The molecule has 5 aliphatic rings. The number of esters is 1. The number of ether oxygens (including phenoxy) is 2. The summed E-state index contributed by atoms with van der Waals surface area (Å²) in [6.45, 7) is 6.73. The van der Waals surface area contributed by atoms with E-state index in [2.05, 4.69) is 11.8 Å². The predicted molar refractivity (Wildman–Crippen MR) is 170 cm³/mol. The second-order valence-electron chi connectivity index (χ2n) is 14.1. The Labute approximate surface area is 273 Å².